The van der Waals surface area contributed by atoms with Crippen molar-refractivity contribution < 1.29 is 9.18 Å². The molecule has 1 heterocycles. The molecule has 1 amide bonds. The fourth-order valence-electron chi connectivity index (χ4n) is 2.30. The van der Waals surface area contributed by atoms with Crippen LogP contribution in [0.25, 0.3) is 5.69 Å². The van der Waals surface area contributed by atoms with Crippen LogP contribution in [0.2, 0.25) is 5.02 Å². The van der Waals surface area contributed by atoms with E-state index in [1.807, 2.05) is 36.5 Å². The lowest BCUT2D eigenvalue weighted by atomic mass is 10.2. The van der Waals surface area contributed by atoms with Crippen LogP contribution in [0.1, 0.15) is 15.9 Å². The number of benzene rings is 2. The average molecular weight is 344 g/mol. The van der Waals surface area contributed by atoms with Gasteiger partial charge in [0.1, 0.15) is 5.82 Å². The summed E-state index contributed by atoms with van der Waals surface area (Å²) in [5.74, 6) is -1.09. The van der Waals surface area contributed by atoms with Crippen molar-refractivity contribution in [1.29, 1.82) is 0 Å². The number of para-hydroxylation sites is 1. The summed E-state index contributed by atoms with van der Waals surface area (Å²) in [6.07, 6.45) is 4.26. The number of nitrogens with one attached hydrogen (secondary N) is 1. The largest absolute Gasteiger partial charge is 0.352 e. The molecule has 0 aliphatic carbocycles. The molecule has 0 spiro atoms. The van der Waals surface area contributed by atoms with Gasteiger partial charge in [-0.3, -0.25) is 4.79 Å². The van der Waals surface area contributed by atoms with Crippen molar-refractivity contribution in [2.45, 2.75) is 6.42 Å². The molecule has 0 aliphatic heterocycles. The van der Waals surface area contributed by atoms with Gasteiger partial charge < -0.3 is 5.32 Å². The van der Waals surface area contributed by atoms with Gasteiger partial charge in [-0.1, -0.05) is 29.8 Å². The molecular weight excluding hydrogens is 329 g/mol. The Balaban J connectivity index is 1.57. The van der Waals surface area contributed by atoms with Gasteiger partial charge in [-0.2, -0.15) is 5.10 Å². The van der Waals surface area contributed by atoms with E-state index in [-0.39, 0.29) is 10.6 Å². The predicted octanol–water partition coefficient (Wildman–Crippen LogP) is 3.64. The van der Waals surface area contributed by atoms with Gasteiger partial charge in [0.15, 0.2) is 0 Å². The third-order valence-electron chi connectivity index (χ3n) is 3.53. The molecule has 24 heavy (non-hydrogen) atoms. The second kappa shape index (κ2) is 7.27. The molecule has 4 nitrogen and oxygen atoms in total. The molecular formula is C18H15ClFN3O. The summed E-state index contributed by atoms with van der Waals surface area (Å²) in [5.41, 5.74) is 1.94. The van der Waals surface area contributed by atoms with Crippen LogP contribution in [0.5, 0.6) is 0 Å². The summed E-state index contributed by atoms with van der Waals surface area (Å²) in [4.78, 5) is 12.0. The number of carbonyl (C=O) groups is 1. The minimum atomic E-state index is -0.628. The highest BCUT2D eigenvalue weighted by Gasteiger charge is 2.11. The zero-order valence-corrected chi connectivity index (χ0v) is 13.5. The van der Waals surface area contributed by atoms with Gasteiger partial charge in [0, 0.05) is 17.8 Å². The summed E-state index contributed by atoms with van der Waals surface area (Å²) < 4.78 is 15.5. The van der Waals surface area contributed by atoms with Crippen LogP contribution in [0, 0.1) is 5.82 Å². The van der Waals surface area contributed by atoms with E-state index in [2.05, 4.69) is 10.4 Å². The number of amides is 1. The maximum atomic E-state index is 13.7. The lowest BCUT2D eigenvalue weighted by Gasteiger charge is -2.05. The number of hydrogen-bond donors (Lipinski definition) is 1. The molecule has 0 saturated carbocycles. The number of rotatable bonds is 5. The summed E-state index contributed by atoms with van der Waals surface area (Å²) in [6, 6.07) is 13.7. The molecule has 0 bridgehead atoms. The van der Waals surface area contributed by atoms with Crippen molar-refractivity contribution in [3.05, 3.63) is 82.9 Å². The van der Waals surface area contributed by atoms with Crippen molar-refractivity contribution in [2.75, 3.05) is 6.54 Å². The van der Waals surface area contributed by atoms with Crippen LogP contribution in [0.3, 0.4) is 0 Å². The van der Waals surface area contributed by atoms with Gasteiger partial charge in [0.05, 0.1) is 17.4 Å². The third-order valence-corrected chi connectivity index (χ3v) is 3.77. The predicted molar refractivity (Wildman–Crippen MR) is 91.0 cm³/mol. The lowest BCUT2D eigenvalue weighted by Crippen LogP contribution is -2.26. The smallest absolute Gasteiger partial charge is 0.254 e. The van der Waals surface area contributed by atoms with Gasteiger partial charge in [0.25, 0.3) is 5.91 Å². The summed E-state index contributed by atoms with van der Waals surface area (Å²) >= 11 is 5.68. The molecule has 6 heteroatoms. The Morgan fingerprint density at radius 2 is 2.00 bits per heavy atom. The number of hydrogen-bond acceptors (Lipinski definition) is 2. The summed E-state index contributed by atoms with van der Waals surface area (Å²) in [5, 5.41) is 7.25. The monoisotopic (exact) mass is 343 g/mol. The SMILES string of the molecule is O=C(NCCc1cnn(-c2ccccc2)c1)c1ccc(Cl)cc1F. The maximum Gasteiger partial charge on any atom is 0.254 e. The standard InChI is InChI=1S/C18H15ClFN3O/c19-14-6-7-16(17(20)10-14)18(24)21-9-8-13-11-22-23(12-13)15-4-2-1-3-5-15/h1-7,10-12H,8-9H2,(H,21,24). The molecule has 0 unspecified atom stereocenters. The van der Waals surface area contributed by atoms with Gasteiger partial charge in [-0.05, 0) is 42.3 Å². The minimum absolute atomic E-state index is 0.0145. The highest BCUT2D eigenvalue weighted by atomic mass is 35.5. The van der Waals surface area contributed by atoms with Crippen LogP contribution in [0.4, 0.5) is 4.39 Å². The Kier molecular flexibility index (Phi) is 4.91. The van der Waals surface area contributed by atoms with E-state index in [0.29, 0.717) is 13.0 Å². The first kappa shape index (κ1) is 16.2. The van der Waals surface area contributed by atoms with Crippen LogP contribution in [-0.2, 0) is 6.42 Å². The van der Waals surface area contributed by atoms with E-state index in [1.54, 1.807) is 10.9 Å². The molecule has 0 atom stereocenters. The van der Waals surface area contributed by atoms with Crippen molar-refractivity contribution >= 4 is 17.5 Å². The Bertz CT molecular complexity index is 848. The van der Waals surface area contributed by atoms with E-state index < -0.39 is 11.7 Å². The fourth-order valence-corrected chi connectivity index (χ4v) is 2.46. The van der Waals surface area contributed by atoms with Crippen LogP contribution >= 0.6 is 11.6 Å². The fraction of sp³-hybridized carbons (Fsp3) is 0.111. The average Bonchev–Trinajstić information content (AvgIpc) is 3.04. The van der Waals surface area contributed by atoms with Gasteiger partial charge >= 0.3 is 0 Å². The van der Waals surface area contributed by atoms with E-state index in [1.165, 1.54) is 12.1 Å². The Hall–Kier alpha value is -2.66. The highest BCUT2D eigenvalue weighted by molar-refractivity contribution is 6.30. The zero-order valence-electron chi connectivity index (χ0n) is 12.7. The van der Waals surface area contributed by atoms with Crippen LogP contribution in [0.15, 0.2) is 60.9 Å². The van der Waals surface area contributed by atoms with Crippen molar-refractivity contribution in [3.63, 3.8) is 0 Å². The lowest BCUT2D eigenvalue weighted by molar-refractivity contribution is 0.0950. The molecule has 3 aromatic rings. The minimum Gasteiger partial charge on any atom is -0.352 e. The van der Waals surface area contributed by atoms with E-state index >= 15 is 0 Å². The Morgan fingerprint density at radius 3 is 2.75 bits per heavy atom. The number of aromatic nitrogens is 2. The van der Waals surface area contributed by atoms with Crippen molar-refractivity contribution in [2.24, 2.45) is 0 Å². The molecule has 1 N–H and O–H groups in total. The summed E-state index contributed by atoms with van der Waals surface area (Å²) in [6.45, 7) is 0.390. The Labute approximate surface area is 143 Å². The van der Waals surface area contributed by atoms with Crippen LogP contribution < -0.4 is 5.32 Å². The molecule has 0 fully saturated rings. The summed E-state index contributed by atoms with van der Waals surface area (Å²) in [7, 11) is 0. The first-order chi connectivity index (χ1) is 11.6. The third kappa shape index (κ3) is 3.81. The van der Waals surface area contributed by atoms with Gasteiger partial charge in [-0.15, -0.1) is 0 Å². The number of halogens is 2. The quantitative estimate of drug-likeness (QED) is 0.769. The Morgan fingerprint density at radius 1 is 1.21 bits per heavy atom. The molecule has 122 valence electrons. The van der Waals surface area contributed by atoms with E-state index in [0.717, 1.165) is 17.3 Å². The first-order valence-corrected chi connectivity index (χ1v) is 7.83. The van der Waals surface area contributed by atoms with Gasteiger partial charge in [-0.25, -0.2) is 9.07 Å². The second-order valence-corrected chi connectivity index (χ2v) is 5.70. The molecule has 0 radical (unpaired) electrons. The second-order valence-electron chi connectivity index (χ2n) is 5.26. The van der Waals surface area contributed by atoms with Crippen LogP contribution in [-0.4, -0.2) is 22.2 Å². The number of nitrogens with zero attached hydrogens (tertiary/aromatic N) is 2. The van der Waals surface area contributed by atoms with Crippen molar-refractivity contribution in [1.82, 2.24) is 15.1 Å². The van der Waals surface area contributed by atoms with Crippen molar-refractivity contribution in [3.8, 4) is 5.69 Å². The molecule has 2 aromatic carbocycles. The highest BCUT2D eigenvalue weighted by Crippen LogP contribution is 2.14. The first-order valence-electron chi connectivity index (χ1n) is 7.46. The number of carbonyl (C=O) groups excluding carboxylic acids is 1. The maximum absolute atomic E-state index is 13.7. The van der Waals surface area contributed by atoms with E-state index in [4.69, 9.17) is 11.6 Å². The molecule has 0 aliphatic rings. The van der Waals surface area contributed by atoms with Gasteiger partial charge in [0.2, 0.25) is 0 Å². The zero-order chi connectivity index (χ0) is 16.9. The molecule has 3 rings (SSSR count). The topological polar surface area (TPSA) is 46.9 Å². The molecule has 0 saturated heterocycles. The van der Waals surface area contributed by atoms with E-state index in [9.17, 15) is 9.18 Å². The molecule has 1 aromatic heterocycles. The normalized spacial score (nSPS) is 10.6.